The van der Waals surface area contributed by atoms with Crippen LogP contribution in [0.5, 0.6) is 0 Å². The normalized spacial score (nSPS) is 25.1. The van der Waals surface area contributed by atoms with Crippen molar-refractivity contribution >= 4 is 5.91 Å². The van der Waals surface area contributed by atoms with Crippen molar-refractivity contribution in [3.05, 3.63) is 0 Å². The molecule has 18 heavy (non-hydrogen) atoms. The highest BCUT2D eigenvalue weighted by Gasteiger charge is 2.27. The van der Waals surface area contributed by atoms with Crippen molar-refractivity contribution in [3.8, 4) is 0 Å². The molecule has 3 unspecified atom stereocenters. The summed E-state index contributed by atoms with van der Waals surface area (Å²) in [4.78, 5) is 12.1. The van der Waals surface area contributed by atoms with Crippen molar-refractivity contribution in [2.75, 3.05) is 13.2 Å². The summed E-state index contributed by atoms with van der Waals surface area (Å²) >= 11 is 0. The van der Waals surface area contributed by atoms with E-state index in [-0.39, 0.29) is 18.4 Å². The lowest BCUT2D eigenvalue weighted by molar-refractivity contribution is -0.125. The van der Waals surface area contributed by atoms with Gasteiger partial charge in [-0.15, -0.1) is 0 Å². The van der Waals surface area contributed by atoms with E-state index in [1.807, 2.05) is 0 Å². The fourth-order valence-corrected chi connectivity index (χ4v) is 2.97. The van der Waals surface area contributed by atoms with Gasteiger partial charge in [-0.05, 0) is 37.5 Å². The SMILES string of the molecule is CCCCC(CC)C(=O)NCC1CCCC1CO. The van der Waals surface area contributed by atoms with Gasteiger partial charge in [0.25, 0.3) is 0 Å². The number of aliphatic hydroxyl groups excluding tert-OH is 1. The first kappa shape index (κ1) is 15.5. The van der Waals surface area contributed by atoms with Crippen molar-refractivity contribution in [2.45, 2.75) is 58.8 Å². The quantitative estimate of drug-likeness (QED) is 0.700. The second kappa shape index (κ2) is 8.52. The molecule has 0 aromatic rings. The van der Waals surface area contributed by atoms with Gasteiger partial charge >= 0.3 is 0 Å². The van der Waals surface area contributed by atoms with Crippen LogP contribution in [0.1, 0.15) is 58.8 Å². The van der Waals surface area contributed by atoms with Crippen LogP contribution in [0.2, 0.25) is 0 Å². The fraction of sp³-hybridized carbons (Fsp3) is 0.933. The first-order valence-electron chi connectivity index (χ1n) is 7.61. The monoisotopic (exact) mass is 255 g/mol. The molecule has 2 N–H and O–H groups in total. The van der Waals surface area contributed by atoms with E-state index < -0.39 is 0 Å². The maximum absolute atomic E-state index is 12.1. The van der Waals surface area contributed by atoms with E-state index >= 15 is 0 Å². The predicted octanol–water partition coefficient (Wildman–Crippen LogP) is 2.73. The standard InChI is InChI=1S/C15H29NO2/c1-3-5-7-12(4-2)15(18)16-10-13-8-6-9-14(13)11-17/h12-14,17H,3-11H2,1-2H3,(H,16,18). The van der Waals surface area contributed by atoms with E-state index in [1.165, 1.54) is 6.42 Å². The highest BCUT2D eigenvalue weighted by atomic mass is 16.3. The number of carbonyl (C=O) groups excluding carboxylic acids is 1. The molecule has 0 aliphatic heterocycles. The van der Waals surface area contributed by atoms with Gasteiger partial charge < -0.3 is 10.4 Å². The van der Waals surface area contributed by atoms with Gasteiger partial charge in [0.05, 0.1) is 0 Å². The third-order valence-electron chi connectivity index (χ3n) is 4.36. The van der Waals surface area contributed by atoms with Gasteiger partial charge in [0.1, 0.15) is 0 Å². The maximum atomic E-state index is 12.1. The molecule has 1 fully saturated rings. The van der Waals surface area contributed by atoms with Gasteiger partial charge in [-0.3, -0.25) is 4.79 Å². The minimum Gasteiger partial charge on any atom is -0.396 e. The Morgan fingerprint density at radius 2 is 2.06 bits per heavy atom. The summed E-state index contributed by atoms with van der Waals surface area (Å²) in [7, 11) is 0. The molecule has 1 aliphatic rings. The molecule has 3 atom stereocenters. The van der Waals surface area contributed by atoms with Crippen LogP contribution >= 0.6 is 0 Å². The number of carbonyl (C=O) groups is 1. The smallest absolute Gasteiger partial charge is 0.223 e. The van der Waals surface area contributed by atoms with Gasteiger partial charge in [0.2, 0.25) is 5.91 Å². The van der Waals surface area contributed by atoms with Crippen molar-refractivity contribution < 1.29 is 9.90 Å². The van der Waals surface area contributed by atoms with Gasteiger partial charge in [-0.1, -0.05) is 33.1 Å². The Hall–Kier alpha value is -0.570. The zero-order valence-corrected chi connectivity index (χ0v) is 12.0. The van der Waals surface area contributed by atoms with E-state index in [0.717, 1.165) is 45.1 Å². The number of unbranched alkanes of at least 4 members (excludes halogenated alkanes) is 1. The molecule has 0 spiro atoms. The summed E-state index contributed by atoms with van der Waals surface area (Å²) in [5.41, 5.74) is 0. The molecule has 0 saturated heterocycles. The van der Waals surface area contributed by atoms with E-state index in [2.05, 4.69) is 19.2 Å². The first-order chi connectivity index (χ1) is 8.72. The zero-order valence-electron chi connectivity index (χ0n) is 12.0. The maximum Gasteiger partial charge on any atom is 0.223 e. The Morgan fingerprint density at radius 1 is 1.33 bits per heavy atom. The van der Waals surface area contributed by atoms with Crippen LogP contribution in [0.3, 0.4) is 0 Å². The lowest BCUT2D eigenvalue weighted by Crippen LogP contribution is -2.35. The van der Waals surface area contributed by atoms with Crippen LogP contribution in [0, 0.1) is 17.8 Å². The molecular formula is C15H29NO2. The summed E-state index contributed by atoms with van der Waals surface area (Å²) in [5, 5.41) is 12.4. The second-order valence-electron chi connectivity index (χ2n) is 5.63. The summed E-state index contributed by atoms with van der Waals surface area (Å²) in [6.45, 7) is 5.28. The molecule has 1 aliphatic carbocycles. The Morgan fingerprint density at radius 3 is 2.67 bits per heavy atom. The minimum absolute atomic E-state index is 0.180. The number of hydrogen-bond acceptors (Lipinski definition) is 2. The molecule has 1 amide bonds. The van der Waals surface area contributed by atoms with Crippen LogP contribution in [-0.2, 0) is 4.79 Å². The van der Waals surface area contributed by atoms with Gasteiger partial charge in [0.15, 0.2) is 0 Å². The molecule has 0 radical (unpaired) electrons. The average Bonchev–Trinajstić information content (AvgIpc) is 2.84. The van der Waals surface area contributed by atoms with Crippen molar-refractivity contribution in [2.24, 2.45) is 17.8 Å². The molecule has 0 heterocycles. The Labute approximate surface area is 111 Å². The summed E-state index contributed by atoms with van der Waals surface area (Å²) < 4.78 is 0. The van der Waals surface area contributed by atoms with Crippen LogP contribution < -0.4 is 5.32 Å². The Bertz CT molecular complexity index is 243. The average molecular weight is 255 g/mol. The predicted molar refractivity (Wildman–Crippen MR) is 74.2 cm³/mol. The summed E-state index contributed by atoms with van der Waals surface area (Å²) in [6.07, 6.45) is 7.68. The van der Waals surface area contributed by atoms with Crippen LogP contribution in [0.4, 0.5) is 0 Å². The number of rotatable bonds is 8. The van der Waals surface area contributed by atoms with Crippen LogP contribution in [0.15, 0.2) is 0 Å². The highest BCUT2D eigenvalue weighted by molar-refractivity contribution is 5.78. The van der Waals surface area contributed by atoms with Crippen LogP contribution in [-0.4, -0.2) is 24.2 Å². The highest BCUT2D eigenvalue weighted by Crippen LogP contribution is 2.30. The lowest BCUT2D eigenvalue weighted by Gasteiger charge is -2.20. The van der Waals surface area contributed by atoms with Crippen molar-refractivity contribution in [1.82, 2.24) is 5.32 Å². The Kier molecular flexibility index (Phi) is 7.33. The number of aliphatic hydroxyl groups is 1. The van der Waals surface area contributed by atoms with E-state index in [0.29, 0.717) is 11.8 Å². The minimum atomic E-state index is 0.180. The van der Waals surface area contributed by atoms with Crippen LogP contribution in [0.25, 0.3) is 0 Å². The summed E-state index contributed by atoms with van der Waals surface area (Å²) in [6, 6.07) is 0. The second-order valence-corrected chi connectivity index (χ2v) is 5.63. The third-order valence-corrected chi connectivity index (χ3v) is 4.36. The zero-order chi connectivity index (χ0) is 13.4. The third kappa shape index (κ3) is 4.60. The van der Waals surface area contributed by atoms with Crippen molar-refractivity contribution in [1.29, 1.82) is 0 Å². The topological polar surface area (TPSA) is 49.3 Å². The molecule has 0 aromatic heterocycles. The molecule has 3 heteroatoms. The van der Waals surface area contributed by atoms with E-state index in [1.54, 1.807) is 0 Å². The van der Waals surface area contributed by atoms with E-state index in [9.17, 15) is 9.90 Å². The van der Waals surface area contributed by atoms with Gasteiger partial charge in [-0.25, -0.2) is 0 Å². The molecule has 0 bridgehead atoms. The van der Waals surface area contributed by atoms with Gasteiger partial charge in [0, 0.05) is 19.1 Å². The molecular weight excluding hydrogens is 226 g/mol. The first-order valence-corrected chi connectivity index (χ1v) is 7.61. The largest absolute Gasteiger partial charge is 0.396 e. The molecule has 1 saturated carbocycles. The van der Waals surface area contributed by atoms with Crippen molar-refractivity contribution in [3.63, 3.8) is 0 Å². The molecule has 106 valence electrons. The number of nitrogens with one attached hydrogen (secondary N) is 1. The fourth-order valence-electron chi connectivity index (χ4n) is 2.97. The molecule has 3 nitrogen and oxygen atoms in total. The van der Waals surface area contributed by atoms with Gasteiger partial charge in [-0.2, -0.15) is 0 Å². The van der Waals surface area contributed by atoms with E-state index in [4.69, 9.17) is 0 Å². The number of amides is 1. The lowest BCUT2D eigenvalue weighted by atomic mass is 9.95. The summed E-state index contributed by atoms with van der Waals surface area (Å²) in [5.74, 6) is 1.29. The molecule has 1 rings (SSSR count). The Balaban J connectivity index is 2.30. The number of hydrogen-bond donors (Lipinski definition) is 2. The molecule has 0 aromatic carbocycles.